The molecule has 1 heterocycles. The second-order valence-corrected chi connectivity index (χ2v) is 5.76. The van der Waals surface area contributed by atoms with Crippen LogP contribution < -0.4 is 5.73 Å². The van der Waals surface area contributed by atoms with Crippen LogP contribution in [0.5, 0.6) is 0 Å². The third-order valence-electron chi connectivity index (χ3n) is 3.17. The van der Waals surface area contributed by atoms with Crippen molar-refractivity contribution in [3.05, 3.63) is 11.3 Å². The Morgan fingerprint density at radius 3 is 2.42 bits per heavy atom. The van der Waals surface area contributed by atoms with Gasteiger partial charge < -0.3 is 10.5 Å². The number of rotatable bonds is 4. The van der Waals surface area contributed by atoms with Crippen LogP contribution in [0.2, 0.25) is 0 Å². The van der Waals surface area contributed by atoms with Gasteiger partial charge in [-0.3, -0.25) is 0 Å². The van der Waals surface area contributed by atoms with Crippen molar-refractivity contribution >= 4 is 11.8 Å². The molecule has 2 N–H and O–H groups in total. The van der Waals surface area contributed by atoms with Crippen LogP contribution in [-0.2, 0) is 10.3 Å². The highest BCUT2D eigenvalue weighted by molar-refractivity contribution is 5.90. The number of esters is 1. The Labute approximate surface area is 115 Å². The van der Waals surface area contributed by atoms with Crippen LogP contribution in [0.15, 0.2) is 0 Å². The molecule has 1 aromatic rings. The third kappa shape index (κ3) is 3.08. The molecule has 5 heteroatoms. The van der Waals surface area contributed by atoms with E-state index in [1.807, 2.05) is 27.7 Å². The van der Waals surface area contributed by atoms with Crippen LogP contribution in [0, 0.1) is 0 Å². The first-order chi connectivity index (χ1) is 8.73. The molecule has 108 valence electrons. The molecule has 0 saturated heterocycles. The summed E-state index contributed by atoms with van der Waals surface area (Å²) in [5, 5.41) is 4.39. The molecular weight excluding hydrogens is 242 g/mol. The van der Waals surface area contributed by atoms with Gasteiger partial charge >= 0.3 is 5.97 Å². The van der Waals surface area contributed by atoms with E-state index >= 15 is 0 Å². The summed E-state index contributed by atoms with van der Waals surface area (Å²) in [4.78, 5) is 12.0. The molecule has 0 saturated carbocycles. The highest BCUT2D eigenvalue weighted by Crippen LogP contribution is 2.32. The Morgan fingerprint density at radius 1 is 1.42 bits per heavy atom. The smallest absolute Gasteiger partial charge is 0.359 e. The zero-order chi connectivity index (χ0) is 14.8. The summed E-state index contributed by atoms with van der Waals surface area (Å²) in [5.74, 6) is 0.341. The minimum Gasteiger partial charge on any atom is -0.461 e. The average molecular weight is 267 g/mol. The Morgan fingerprint density at radius 2 is 2.00 bits per heavy atom. The normalized spacial score (nSPS) is 13.4. The lowest BCUT2D eigenvalue weighted by Gasteiger charge is -2.21. The number of nitrogens with two attached hydrogens (primary N) is 1. The van der Waals surface area contributed by atoms with Crippen molar-refractivity contribution in [1.82, 2.24) is 9.78 Å². The molecule has 1 unspecified atom stereocenters. The van der Waals surface area contributed by atoms with E-state index in [-0.39, 0.29) is 11.5 Å². The lowest BCUT2D eigenvalue weighted by molar-refractivity contribution is 0.0516. The molecule has 1 atom stereocenters. The molecule has 0 fully saturated rings. The van der Waals surface area contributed by atoms with Crippen molar-refractivity contribution in [3.8, 4) is 0 Å². The predicted octanol–water partition coefficient (Wildman–Crippen LogP) is 2.91. The van der Waals surface area contributed by atoms with Gasteiger partial charge in [0.15, 0.2) is 5.69 Å². The lowest BCUT2D eigenvalue weighted by atomic mass is 9.98. The number of carbonyl (C=O) groups is 1. The molecular formula is C14H25N3O2. The van der Waals surface area contributed by atoms with Gasteiger partial charge in [0.1, 0.15) is 5.82 Å². The lowest BCUT2D eigenvalue weighted by Crippen LogP contribution is -2.25. The van der Waals surface area contributed by atoms with Crippen LogP contribution in [0.4, 0.5) is 5.82 Å². The van der Waals surface area contributed by atoms with Crippen LogP contribution >= 0.6 is 0 Å². The molecule has 5 nitrogen and oxygen atoms in total. The summed E-state index contributed by atoms with van der Waals surface area (Å²) >= 11 is 0. The standard InChI is InChI=1S/C14H25N3O2/c1-7-9(3)10-11(13(18)19-8-2)16-17(12(10)15)14(4,5)6/h9H,7-8,15H2,1-6H3. The Bertz CT molecular complexity index is 458. The number of nitrogens with zero attached hydrogens (tertiary/aromatic N) is 2. The maximum atomic E-state index is 12.0. The highest BCUT2D eigenvalue weighted by Gasteiger charge is 2.29. The SMILES string of the molecule is CCOC(=O)c1nn(C(C)(C)C)c(N)c1C(C)CC. The fraction of sp³-hybridized carbons (Fsp3) is 0.714. The van der Waals surface area contributed by atoms with Crippen molar-refractivity contribution in [2.45, 2.75) is 59.4 Å². The molecule has 0 bridgehead atoms. The largest absolute Gasteiger partial charge is 0.461 e. The van der Waals surface area contributed by atoms with Gasteiger partial charge in [-0.1, -0.05) is 13.8 Å². The van der Waals surface area contributed by atoms with Gasteiger partial charge in [0.25, 0.3) is 0 Å². The fourth-order valence-corrected chi connectivity index (χ4v) is 1.99. The molecule has 0 aromatic carbocycles. The van der Waals surface area contributed by atoms with Gasteiger partial charge in [0.2, 0.25) is 0 Å². The molecule has 19 heavy (non-hydrogen) atoms. The molecule has 0 aliphatic carbocycles. The molecule has 1 aromatic heterocycles. The minimum atomic E-state index is -0.396. The summed E-state index contributed by atoms with van der Waals surface area (Å²) in [6, 6.07) is 0. The van der Waals surface area contributed by atoms with Crippen LogP contribution in [0.25, 0.3) is 0 Å². The molecule has 0 radical (unpaired) electrons. The van der Waals surface area contributed by atoms with Gasteiger partial charge in [-0.2, -0.15) is 5.10 Å². The zero-order valence-corrected chi connectivity index (χ0v) is 12.8. The second kappa shape index (κ2) is 5.63. The summed E-state index contributed by atoms with van der Waals surface area (Å²) in [6.45, 7) is 12.2. The number of aromatic nitrogens is 2. The van der Waals surface area contributed by atoms with Crippen molar-refractivity contribution in [2.75, 3.05) is 12.3 Å². The van der Waals surface area contributed by atoms with E-state index in [1.54, 1.807) is 11.6 Å². The first-order valence-corrected chi connectivity index (χ1v) is 6.79. The number of carbonyl (C=O) groups excluding carboxylic acids is 1. The highest BCUT2D eigenvalue weighted by atomic mass is 16.5. The fourth-order valence-electron chi connectivity index (χ4n) is 1.99. The van der Waals surface area contributed by atoms with Crippen LogP contribution in [0.1, 0.15) is 69.9 Å². The molecule has 0 aliphatic heterocycles. The van der Waals surface area contributed by atoms with E-state index in [4.69, 9.17) is 10.5 Å². The number of hydrogen-bond donors (Lipinski definition) is 1. The number of anilines is 1. The first-order valence-electron chi connectivity index (χ1n) is 6.79. The van der Waals surface area contributed by atoms with Crippen LogP contribution in [0.3, 0.4) is 0 Å². The van der Waals surface area contributed by atoms with E-state index < -0.39 is 5.97 Å². The van der Waals surface area contributed by atoms with E-state index in [0.29, 0.717) is 18.1 Å². The van der Waals surface area contributed by atoms with Crippen molar-refractivity contribution in [2.24, 2.45) is 0 Å². The van der Waals surface area contributed by atoms with Gasteiger partial charge in [0, 0.05) is 5.56 Å². The number of nitrogen functional groups attached to an aromatic ring is 1. The monoisotopic (exact) mass is 267 g/mol. The minimum absolute atomic E-state index is 0.176. The topological polar surface area (TPSA) is 70.1 Å². The zero-order valence-electron chi connectivity index (χ0n) is 12.8. The number of ether oxygens (including phenoxy) is 1. The first kappa shape index (κ1) is 15.5. The van der Waals surface area contributed by atoms with Crippen LogP contribution in [-0.4, -0.2) is 22.4 Å². The van der Waals surface area contributed by atoms with E-state index in [1.165, 1.54) is 0 Å². The van der Waals surface area contributed by atoms with Gasteiger partial charge in [-0.15, -0.1) is 0 Å². The van der Waals surface area contributed by atoms with Crippen molar-refractivity contribution in [3.63, 3.8) is 0 Å². The number of hydrogen-bond acceptors (Lipinski definition) is 4. The molecule has 1 rings (SSSR count). The van der Waals surface area contributed by atoms with E-state index in [2.05, 4.69) is 12.0 Å². The Balaban J connectivity index is 3.40. The summed E-state index contributed by atoms with van der Waals surface area (Å²) < 4.78 is 6.78. The Kier molecular flexibility index (Phi) is 4.61. The van der Waals surface area contributed by atoms with Gasteiger partial charge in [-0.25, -0.2) is 9.48 Å². The summed E-state index contributed by atoms with van der Waals surface area (Å²) in [5.41, 5.74) is 7.08. The quantitative estimate of drug-likeness (QED) is 0.851. The maximum absolute atomic E-state index is 12.0. The predicted molar refractivity (Wildman–Crippen MR) is 76.3 cm³/mol. The van der Waals surface area contributed by atoms with Gasteiger partial charge in [-0.05, 0) is 40.0 Å². The third-order valence-corrected chi connectivity index (χ3v) is 3.17. The summed E-state index contributed by atoms with van der Waals surface area (Å²) in [7, 11) is 0. The van der Waals surface area contributed by atoms with E-state index in [9.17, 15) is 4.79 Å². The second-order valence-electron chi connectivity index (χ2n) is 5.76. The maximum Gasteiger partial charge on any atom is 0.359 e. The summed E-state index contributed by atoms with van der Waals surface area (Å²) in [6.07, 6.45) is 0.895. The average Bonchev–Trinajstić information content (AvgIpc) is 2.66. The Hall–Kier alpha value is -1.52. The molecule has 0 aliphatic rings. The molecule has 0 spiro atoms. The van der Waals surface area contributed by atoms with Gasteiger partial charge in [0.05, 0.1) is 12.1 Å². The van der Waals surface area contributed by atoms with E-state index in [0.717, 1.165) is 12.0 Å². The molecule has 0 amide bonds. The van der Waals surface area contributed by atoms with Crippen molar-refractivity contribution in [1.29, 1.82) is 0 Å². The van der Waals surface area contributed by atoms with Crippen molar-refractivity contribution < 1.29 is 9.53 Å².